The number of ether oxygens (including phenoxy) is 2. The van der Waals surface area contributed by atoms with Gasteiger partial charge in [0.1, 0.15) is 0 Å². The zero-order valence-electron chi connectivity index (χ0n) is 17.5. The summed E-state index contributed by atoms with van der Waals surface area (Å²) in [6.45, 7) is 6.84. The molecule has 156 valence electrons. The second kappa shape index (κ2) is 11.3. The van der Waals surface area contributed by atoms with Gasteiger partial charge in [-0.2, -0.15) is 0 Å². The summed E-state index contributed by atoms with van der Waals surface area (Å²) in [6.07, 6.45) is 4.72. The van der Waals surface area contributed by atoms with Crippen LogP contribution >= 0.6 is 0 Å². The lowest BCUT2D eigenvalue weighted by Crippen LogP contribution is -2.48. The number of benzene rings is 1. The molecule has 0 saturated carbocycles. The summed E-state index contributed by atoms with van der Waals surface area (Å²) in [4.78, 5) is 9.38. The minimum Gasteiger partial charge on any atom is -0.385 e. The van der Waals surface area contributed by atoms with Crippen molar-refractivity contribution in [3.05, 3.63) is 30.3 Å². The third-order valence-corrected chi connectivity index (χ3v) is 5.76. The third kappa shape index (κ3) is 6.11. The maximum atomic E-state index is 5.97. The number of rotatable bonds is 8. The van der Waals surface area contributed by atoms with Crippen molar-refractivity contribution in [1.82, 2.24) is 10.2 Å². The molecule has 0 aliphatic carbocycles. The standard InChI is InChI=1S/C22H36N4O2/c1-23-22(25-13-10-21(11-14-25)28-16-6-15-27-2)24-17-19-9-12-26(18-19)20-7-4-3-5-8-20/h3-5,7-8,19,21H,6,9-18H2,1-2H3,(H,23,24). The summed E-state index contributed by atoms with van der Waals surface area (Å²) < 4.78 is 11.0. The molecule has 2 heterocycles. The van der Waals surface area contributed by atoms with Crippen molar-refractivity contribution >= 4 is 11.6 Å². The lowest BCUT2D eigenvalue weighted by atomic mass is 10.1. The maximum Gasteiger partial charge on any atom is 0.193 e. The zero-order chi connectivity index (χ0) is 19.6. The van der Waals surface area contributed by atoms with Crippen LogP contribution in [0, 0.1) is 5.92 Å². The lowest BCUT2D eigenvalue weighted by Gasteiger charge is -2.34. The summed E-state index contributed by atoms with van der Waals surface area (Å²) in [6, 6.07) is 10.7. The number of nitrogens with zero attached hydrogens (tertiary/aromatic N) is 3. The topological polar surface area (TPSA) is 49.3 Å². The molecular formula is C22H36N4O2. The molecule has 1 aromatic rings. The number of piperidine rings is 1. The second-order valence-corrected chi connectivity index (χ2v) is 7.77. The molecule has 1 atom stereocenters. The fourth-order valence-electron chi connectivity index (χ4n) is 4.13. The number of guanidine groups is 1. The van der Waals surface area contributed by atoms with Gasteiger partial charge in [-0.25, -0.2) is 0 Å². The molecule has 2 aliphatic rings. The first kappa shape index (κ1) is 20.9. The number of anilines is 1. The average molecular weight is 389 g/mol. The van der Waals surface area contributed by atoms with Crippen molar-refractivity contribution in [2.24, 2.45) is 10.9 Å². The summed E-state index contributed by atoms with van der Waals surface area (Å²) in [7, 11) is 3.63. The number of para-hydroxylation sites is 1. The molecule has 0 spiro atoms. The van der Waals surface area contributed by atoms with Gasteiger partial charge >= 0.3 is 0 Å². The summed E-state index contributed by atoms with van der Waals surface area (Å²) in [5.41, 5.74) is 1.34. The van der Waals surface area contributed by atoms with Gasteiger partial charge < -0.3 is 24.6 Å². The van der Waals surface area contributed by atoms with Crippen LogP contribution in [-0.2, 0) is 9.47 Å². The molecular weight excluding hydrogens is 352 g/mol. The van der Waals surface area contributed by atoms with Crippen LogP contribution in [0.25, 0.3) is 0 Å². The number of methoxy groups -OCH3 is 1. The summed E-state index contributed by atoms with van der Waals surface area (Å²) in [5.74, 6) is 1.70. The van der Waals surface area contributed by atoms with Crippen molar-refractivity contribution in [2.45, 2.75) is 31.8 Å². The molecule has 1 unspecified atom stereocenters. The highest BCUT2D eigenvalue weighted by molar-refractivity contribution is 5.80. The Hall–Kier alpha value is -1.79. The molecule has 0 bridgehead atoms. The van der Waals surface area contributed by atoms with Gasteiger partial charge in [0.05, 0.1) is 6.10 Å². The van der Waals surface area contributed by atoms with Gasteiger partial charge in [0.15, 0.2) is 5.96 Å². The van der Waals surface area contributed by atoms with Crippen molar-refractivity contribution < 1.29 is 9.47 Å². The molecule has 1 aromatic carbocycles. The van der Waals surface area contributed by atoms with E-state index in [9.17, 15) is 0 Å². The average Bonchev–Trinajstić information content (AvgIpc) is 3.22. The molecule has 0 aromatic heterocycles. The van der Waals surface area contributed by atoms with Crippen LogP contribution in [0.1, 0.15) is 25.7 Å². The Balaban J connectivity index is 1.36. The molecule has 2 fully saturated rings. The Bertz CT molecular complexity index is 587. The first-order valence-corrected chi connectivity index (χ1v) is 10.7. The molecule has 3 rings (SSSR count). The second-order valence-electron chi connectivity index (χ2n) is 7.77. The van der Waals surface area contributed by atoms with E-state index in [1.165, 1.54) is 12.1 Å². The minimum absolute atomic E-state index is 0.375. The Kier molecular flexibility index (Phi) is 8.42. The third-order valence-electron chi connectivity index (χ3n) is 5.76. The quantitative estimate of drug-likeness (QED) is 0.421. The SMILES string of the molecule is CN=C(NCC1CCN(c2ccccc2)C1)N1CCC(OCCCOC)CC1. The van der Waals surface area contributed by atoms with Gasteiger partial charge in [-0.1, -0.05) is 18.2 Å². The van der Waals surface area contributed by atoms with E-state index in [-0.39, 0.29) is 0 Å². The first-order chi connectivity index (χ1) is 13.8. The van der Waals surface area contributed by atoms with Crippen molar-refractivity contribution in [3.8, 4) is 0 Å². The van der Waals surface area contributed by atoms with Gasteiger partial charge in [-0.05, 0) is 43.7 Å². The first-order valence-electron chi connectivity index (χ1n) is 10.7. The zero-order valence-corrected chi connectivity index (χ0v) is 17.5. The minimum atomic E-state index is 0.375. The van der Waals surface area contributed by atoms with Crippen molar-refractivity contribution in [2.75, 3.05) is 65.0 Å². The number of nitrogens with one attached hydrogen (secondary N) is 1. The van der Waals surface area contributed by atoms with E-state index in [1.807, 2.05) is 7.05 Å². The summed E-state index contributed by atoms with van der Waals surface area (Å²) >= 11 is 0. The lowest BCUT2D eigenvalue weighted by molar-refractivity contribution is 0.00989. The van der Waals surface area contributed by atoms with E-state index in [1.54, 1.807) is 7.11 Å². The predicted octanol–water partition coefficient (Wildman–Crippen LogP) is 2.61. The number of likely N-dealkylation sites (tertiary alicyclic amines) is 1. The largest absolute Gasteiger partial charge is 0.385 e. The molecule has 2 saturated heterocycles. The Morgan fingerprint density at radius 3 is 2.61 bits per heavy atom. The normalized spacial score (nSPS) is 21.4. The van der Waals surface area contributed by atoms with Crippen LogP contribution in [0.2, 0.25) is 0 Å². The Labute approximate surface area is 169 Å². The van der Waals surface area contributed by atoms with E-state index >= 15 is 0 Å². The van der Waals surface area contributed by atoms with Gasteiger partial charge in [0.2, 0.25) is 0 Å². The fourth-order valence-corrected chi connectivity index (χ4v) is 4.13. The van der Waals surface area contributed by atoms with Crippen LogP contribution in [0.3, 0.4) is 0 Å². The highest BCUT2D eigenvalue weighted by Crippen LogP contribution is 2.23. The maximum absolute atomic E-state index is 5.97. The molecule has 6 heteroatoms. The Morgan fingerprint density at radius 2 is 1.89 bits per heavy atom. The van der Waals surface area contributed by atoms with Crippen molar-refractivity contribution in [1.29, 1.82) is 0 Å². The van der Waals surface area contributed by atoms with E-state index in [4.69, 9.17) is 9.47 Å². The van der Waals surface area contributed by atoms with E-state index in [2.05, 4.69) is 50.4 Å². The fraction of sp³-hybridized carbons (Fsp3) is 0.682. The molecule has 0 amide bonds. The Morgan fingerprint density at radius 1 is 1.11 bits per heavy atom. The number of aliphatic imine (C=N–C) groups is 1. The molecule has 6 nitrogen and oxygen atoms in total. The molecule has 2 aliphatic heterocycles. The van der Waals surface area contributed by atoms with E-state index in [0.717, 1.165) is 71.2 Å². The highest BCUT2D eigenvalue weighted by atomic mass is 16.5. The van der Waals surface area contributed by atoms with Crippen LogP contribution in [-0.4, -0.2) is 77.1 Å². The van der Waals surface area contributed by atoms with Gasteiger partial charge in [0.25, 0.3) is 0 Å². The number of hydrogen-bond acceptors (Lipinski definition) is 4. The predicted molar refractivity (Wildman–Crippen MR) is 115 cm³/mol. The molecule has 28 heavy (non-hydrogen) atoms. The monoisotopic (exact) mass is 388 g/mol. The van der Waals surface area contributed by atoms with E-state index < -0.39 is 0 Å². The molecule has 1 N–H and O–H groups in total. The van der Waals surface area contributed by atoms with Gasteiger partial charge in [-0.3, -0.25) is 4.99 Å². The van der Waals surface area contributed by atoms with Crippen LogP contribution in [0.4, 0.5) is 5.69 Å². The van der Waals surface area contributed by atoms with E-state index in [0.29, 0.717) is 12.0 Å². The smallest absolute Gasteiger partial charge is 0.193 e. The van der Waals surface area contributed by atoms with Crippen LogP contribution in [0.5, 0.6) is 0 Å². The summed E-state index contributed by atoms with van der Waals surface area (Å²) in [5, 5.41) is 3.62. The molecule has 0 radical (unpaired) electrons. The van der Waals surface area contributed by atoms with Gasteiger partial charge in [0, 0.05) is 65.8 Å². The highest BCUT2D eigenvalue weighted by Gasteiger charge is 2.25. The van der Waals surface area contributed by atoms with Crippen molar-refractivity contribution in [3.63, 3.8) is 0 Å². The van der Waals surface area contributed by atoms with Crippen LogP contribution < -0.4 is 10.2 Å². The van der Waals surface area contributed by atoms with Gasteiger partial charge in [-0.15, -0.1) is 0 Å². The number of hydrogen-bond donors (Lipinski definition) is 1. The van der Waals surface area contributed by atoms with Crippen LogP contribution in [0.15, 0.2) is 35.3 Å².